The molecule has 1 rings (SSSR count). The first-order chi connectivity index (χ1) is 7.89. The number of aliphatic hydroxyl groups is 2. The molecule has 7 heteroatoms. The molecule has 0 radical (unpaired) electrons. The molecule has 0 saturated carbocycles. The van der Waals surface area contributed by atoms with Gasteiger partial charge in [-0.05, 0) is 0 Å². The van der Waals surface area contributed by atoms with Crippen LogP contribution in [-0.2, 0) is 19.1 Å². The van der Waals surface area contributed by atoms with Gasteiger partial charge in [0, 0.05) is 7.11 Å². The molecular weight excluding hydrogens is 230 g/mol. The summed E-state index contributed by atoms with van der Waals surface area (Å²) in [6.07, 6.45) is 0. The number of hydrogen-bond acceptors (Lipinski definition) is 6. The van der Waals surface area contributed by atoms with Crippen LogP contribution in [0.4, 0.5) is 0 Å². The average Bonchev–Trinajstić information content (AvgIpc) is 2.51. The first-order valence-electron chi connectivity index (χ1n) is 5.12. The molecule has 0 spiro atoms. The van der Waals surface area contributed by atoms with E-state index < -0.39 is 35.5 Å². The van der Waals surface area contributed by atoms with E-state index in [0.717, 1.165) is 7.11 Å². The maximum atomic E-state index is 11.7. The zero-order valence-electron chi connectivity index (χ0n) is 10.0. The molecule has 98 valence electrons. The van der Waals surface area contributed by atoms with Crippen molar-refractivity contribution in [2.75, 3.05) is 27.4 Å². The Morgan fingerprint density at radius 2 is 2.12 bits per heavy atom. The van der Waals surface area contributed by atoms with Crippen LogP contribution in [-0.4, -0.2) is 60.7 Å². The number of hydrogen-bond donors (Lipinski definition) is 3. The second-order valence-corrected chi connectivity index (χ2v) is 4.12. The van der Waals surface area contributed by atoms with Crippen molar-refractivity contribution in [1.82, 2.24) is 5.32 Å². The highest BCUT2D eigenvalue weighted by molar-refractivity contribution is 5.96. The van der Waals surface area contributed by atoms with Gasteiger partial charge in [0.2, 0.25) is 5.91 Å². The van der Waals surface area contributed by atoms with Crippen molar-refractivity contribution in [3.05, 3.63) is 0 Å². The summed E-state index contributed by atoms with van der Waals surface area (Å²) in [6.45, 7) is 0.410. The third-order valence-corrected chi connectivity index (χ3v) is 3.32. The van der Waals surface area contributed by atoms with Gasteiger partial charge in [0.15, 0.2) is 5.54 Å². The minimum Gasteiger partial charge on any atom is -0.467 e. The zero-order chi connectivity index (χ0) is 13.3. The van der Waals surface area contributed by atoms with Crippen LogP contribution in [0.3, 0.4) is 0 Å². The molecule has 0 aromatic rings. The summed E-state index contributed by atoms with van der Waals surface area (Å²) in [4.78, 5) is 23.3. The Bertz CT molecular complexity index is 333. The minimum atomic E-state index is -1.88. The van der Waals surface area contributed by atoms with Crippen LogP contribution in [0.2, 0.25) is 0 Å². The predicted molar refractivity (Wildman–Crippen MR) is 56.0 cm³/mol. The number of ether oxygens (including phenoxy) is 2. The van der Waals surface area contributed by atoms with Gasteiger partial charge in [-0.1, -0.05) is 6.92 Å². The highest BCUT2D eigenvalue weighted by Gasteiger charge is 2.67. The number of esters is 1. The van der Waals surface area contributed by atoms with Crippen molar-refractivity contribution in [1.29, 1.82) is 0 Å². The van der Waals surface area contributed by atoms with E-state index in [1.165, 1.54) is 14.0 Å². The molecule has 0 bridgehead atoms. The van der Waals surface area contributed by atoms with Gasteiger partial charge in [-0.15, -0.1) is 0 Å². The van der Waals surface area contributed by atoms with Crippen LogP contribution in [0.5, 0.6) is 0 Å². The van der Waals surface area contributed by atoms with E-state index >= 15 is 0 Å². The van der Waals surface area contributed by atoms with Gasteiger partial charge in [-0.25, -0.2) is 4.79 Å². The van der Waals surface area contributed by atoms with Crippen LogP contribution in [0.25, 0.3) is 0 Å². The Labute approximate surface area is 98.7 Å². The van der Waals surface area contributed by atoms with Gasteiger partial charge < -0.3 is 25.0 Å². The molecule has 17 heavy (non-hydrogen) atoms. The van der Waals surface area contributed by atoms with Crippen molar-refractivity contribution in [3.8, 4) is 0 Å². The van der Waals surface area contributed by atoms with Crippen LogP contribution < -0.4 is 5.32 Å². The fourth-order valence-electron chi connectivity index (χ4n) is 2.12. The van der Waals surface area contributed by atoms with E-state index in [2.05, 4.69) is 10.1 Å². The minimum absolute atomic E-state index is 0.275. The van der Waals surface area contributed by atoms with Gasteiger partial charge in [0.05, 0.1) is 26.2 Å². The lowest BCUT2D eigenvalue weighted by molar-refractivity contribution is -0.171. The van der Waals surface area contributed by atoms with Gasteiger partial charge in [0.1, 0.15) is 5.60 Å². The maximum Gasteiger partial charge on any atom is 0.337 e. The van der Waals surface area contributed by atoms with Crippen molar-refractivity contribution in [2.24, 2.45) is 5.92 Å². The molecule has 1 aliphatic heterocycles. The Hall–Kier alpha value is -1.18. The Balaban J connectivity index is 3.27. The zero-order valence-corrected chi connectivity index (χ0v) is 10.0. The lowest BCUT2D eigenvalue weighted by atomic mass is 9.76. The summed E-state index contributed by atoms with van der Waals surface area (Å²) in [6, 6.07) is 0. The summed E-state index contributed by atoms with van der Waals surface area (Å²) < 4.78 is 9.38. The van der Waals surface area contributed by atoms with E-state index in [9.17, 15) is 19.8 Å². The van der Waals surface area contributed by atoms with Gasteiger partial charge in [-0.2, -0.15) is 0 Å². The largest absolute Gasteiger partial charge is 0.467 e. The highest BCUT2D eigenvalue weighted by atomic mass is 16.5. The summed E-state index contributed by atoms with van der Waals surface area (Å²) in [5.74, 6) is -2.34. The number of amides is 1. The Morgan fingerprint density at radius 1 is 1.53 bits per heavy atom. The molecule has 0 aromatic carbocycles. The van der Waals surface area contributed by atoms with Crippen LogP contribution in [0.1, 0.15) is 6.92 Å². The van der Waals surface area contributed by atoms with Gasteiger partial charge in [-0.3, -0.25) is 4.79 Å². The quantitative estimate of drug-likeness (QED) is 0.498. The van der Waals surface area contributed by atoms with E-state index in [1.54, 1.807) is 0 Å². The number of methoxy groups -OCH3 is 2. The molecule has 0 aliphatic carbocycles. The van der Waals surface area contributed by atoms with E-state index in [4.69, 9.17) is 4.74 Å². The SMILES string of the molecule is COC[C@@]1(O)[C@H](C)C(=O)N[C@@]1(CO)C(=O)OC. The number of carbonyl (C=O) groups is 2. The Kier molecular flexibility index (Phi) is 3.75. The summed E-state index contributed by atoms with van der Waals surface area (Å²) in [7, 11) is 2.44. The van der Waals surface area contributed by atoms with Gasteiger partial charge >= 0.3 is 5.97 Å². The summed E-state index contributed by atoms with van der Waals surface area (Å²) in [5.41, 5.74) is -3.73. The molecule has 0 aromatic heterocycles. The lowest BCUT2D eigenvalue weighted by Gasteiger charge is -2.38. The standard InChI is InChI=1S/C10H17NO6/c1-6-7(13)11-9(4-12,8(14)17-3)10(6,15)5-16-2/h6,12,15H,4-5H2,1-3H3,(H,11,13)/t6-,9+,10-/m1/s1. The number of carbonyl (C=O) groups excluding carboxylic acids is 2. The van der Waals surface area contributed by atoms with Gasteiger partial charge in [0.25, 0.3) is 0 Å². The molecule has 0 unspecified atom stereocenters. The molecule has 7 nitrogen and oxygen atoms in total. The summed E-state index contributed by atoms with van der Waals surface area (Å²) in [5, 5.41) is 22.2. The van der Waals surface area contributed by atoms with Crippen LogP contribution in [0.15, 0.2) is 0 Å². The van der Waals surface area contributed by atoms with Crippen LogP contribution >= 0.6 is 0 Å². The normalized spacial score (nSPS) is 36.8. The monoisotopic (exact) mass is 247 g/mol. The fraction of sp³-hybridized carbons (Fsp3) is 0.800. The average molecular weight is 247 g/mol. The summed E-state index contributed by atoms with van der Waals surface area (Å²) >= 11 is 0. The first kappa shape index (κ1) is 13.9. The third-order valence-electron chi connectivity index (χ3n) is 3.32. The number of aliphatic hydroxyl groups excluding tert-OH is 1. The number of rotatable bonds is 4. The van der Waals surface area contributed by atoms with Crippen molar-refractivity contribution >= 4 is 11.9 Å². The third kappa shape index (κ3) is 1.70. The topological polar surface area (TPSA) is 105 Å². The predicted octanol–water partition coefficient (Wildman–Crippen LogP) is -1.97. The van der Waals surface area contributed by atoms with E-state index in [1.807, 2.05) is 0 Å². The van der Waals surface area contributed by atoms with Crippen molar-refractivity contribution < 1.29 is 29.3 Å². The second-order valence-electron chi connectivity index (χ2n) is 4.12. The van der Waals surface area contributed by atoms with E-state index in [-0.39, 0.29) is 6.61 Å². The lowest BCUT2D eigenvalue weighted by Crippen LogP contribution is -2.67. The molecular formula is C10H17NO6. The smallest absolute Gasteiger partial charge is 0.337 e. The molecule has 1 amide bonds. The molecule has 1 aliphatic rings. The van der Waals surface area contributed by atoms with E-state index in [0.29, 0.717) is 0 Å². The molecule has 1 heterocycles. The molecule has 3 atom stereocenters. The van der Waals surface area contributed by atoms with Crippen molar-refractivity contribution in [2.45, 2.75) is 18.1 Å². The molecule has 1 saturated heterocycles. The first-order valence-corrected chi connectivity index (χ1v) is 5.12. The second kappa shape index (κ2) is 4.59. The number of nitrogens with one attached hydrogen (secondary N) is 1. The van der Waals surface area contributed by atoms with Crippen molar-refractivity contribution in [3.63, 3.8) is 0 Å². The van der Waals surface area contributed by atoms with Crippen LogP contribution in [0, 0.1) is 5.92 Å². The fourth-order valence-corrected chi connectivity index (χ4v) is 2.12. The Morgan fingerprint density at radius 3 is 2.53 bits per heavy atom. The molecule has 1 fully saturated rings. The highest BCUT2D eigenvalue weighted by Crippen LogP contribution is 2.37. The maximum absolute atomic E-state index is 11.7. The molecule has 3 N–H and O–H groups in total.